The van der Waals surface area contributed by atoms with Crippen molar-refractivity contribution in [2.45, 2.75) is 13.8 Å². The summed E-state index contributed by atoms with van der Waals surface area (Å²) in [6.45, 7) is 4.85. The quantitative estimate of drug-likeness (QED) is 0.830. The second-order valence-corrected chi connectivity index (χ2v) is 4.28. The standard InChI is InChI=1S/C15H17FN2/c1-3-18(13-7-5-12(16)6-8-13)15-10-11(2)4-9-14(15)17/h4-10H,3,17H2,1-2H3. The van der Waals surface area contributed by atoms with Crippen molar-refractivity contribution in [2.24, 2.45) is 0 Å². The molecule has 0 aliphatic rings. The molecule has 0 saturated heterocycles. The third-order valence-electron chi connectivity index (χ3n) is 2.93. The van der Waals surface area contributed by atoms with Crippen LogP contribution in [0.1, 0.15) is 12.5 Å². The van der Waals surface area contributed by atoms with Crippen LogP contribution in [0.2, 0.25) is 0 Å². The number of benzene rings is 2. The van der Waals surface area contributed by atoms with Crippen molar-refractivity contribution in [3.8, 4) is 0 Å². The van der Waals surface area contributed by atoms with Crippen LogP contribution in [0.3, 0.4) is 0 Å². The summed E-state index contributed by atoms with van der Waals surface area (Å²) in [4.78, 5) is 2.07. The van der Waals surface area contributed by atoms with Gasteiger partial charge in [0.25, 0.3) is 0 Å². The molecule has 0 aliphatic carbocycles. The van der Waals surface area contributed by atoms with E-state index >= 15 is 0 Å². The minimum Gasteiger partial charge on any atom is -0.397 e. The third kappa shape index (κ3) is 2.45. The van der Waals surface area contributed by atoms with Gasteiger partial charge in [0.1, 0.15) is 5.82 Å². The van der Waals surface area contributed by atoms with E-state index in [0.717, 1.165) is 29.2 Å². The summed E-state index contributed by atoms with van der Waals surface area (Å²) < 4.78 is 13.0. The van der Waals surface area contributed by atoms with Crippen molar-refractivity contribution in [3.05, 3.63) is 53.8 Å². The summed E-state index contributed by atoms with van der Waals surface area (Å²) in [6.07, 6.45) is 0. The molecule has 2 rings (SSSR count). The first-order valence-corrected chi connectivity index (χ1v) is 6.01. The average molecular weight is 244 g/mol. The molecule has 2 nitrogen and oxygen atoms in total. The first-order valence-electron chi connectivity index (χ1n) is 6.01. The predicted octanol–water partition coefficient (Wildman–Crippen LogP) is 3.87. The largest absolute Gasteiger partial charge is 0.397 e. The maximum absolute atomic E-state index is 13.0. The van der Waals surface area contributed by atoms with Gasteiger partial charge < -0.3 is 10.6 Å². The molecule has 2 aromatic carbocycles. The van der Waals surface area contributed by atoms with Gasteiger partial charge in [-0.15, -0.1) is 0 Å². The molecule has 0 aromatic heterocycles. The van der Waals surface area contributed by atoms with Gasteiger partial charge >= 0.3 is 0 Å². The molecule has 0 radical (unpaired) electrons. The van der Waals surface area contributed by atoms with Gasteiger partial charge in [-0.1, -0.05) is 6.07 Å². The van der Waals surface area contributed by atoms with Crippen molar-refractivity contribution >= 4 is 17.1 Å². The zero-order chi connectivity index (χ0) is 13.1. The molecule has 3 heteroatoms. The molecule has 2 N–H and O–H groups in total. The first-order chi connectivity index (χ1) is 8.61. The molecule has 0 unspecified atom stereocenters. The van der Waals surface area contributed by atoms with E-state index in [2.05, 4.69) is 4.90 Å². The predicted molar refractivity (Wildman–Crippen MR) is 74.7 cm³/mol. The summed E-state index contributed by atoms with van der Waals surface area (Å²) >= 11 is 0. The van der Waals surface area contributed by atoms with E-state index in [1.807, 2.05) is 32.0 Å². The number of rotatable bonds is 3. The lowest BCUT2D eigenvalue weighted by Crippen LogP contribution is -2.17. The van der Waals surface area contributed by atoms with Crippen LogP contribution in [-0.2, 0) is 0 Å². The highest BCUT2D eigenvalue weighted by Crippen LogP contribution is 2.31. The first kappa shape index (κ1) is 12.4. The van der Waals surface area contributed by atoms with Crippen molar-refractivity contribution in [3.63, 3.8) is 0 Å². The minimum atomic E-state index is -0.230. The Morgan fingerprint density at radius 2 is 1.78 bits per heavy atom. The van der Waals surface area contributed by atoms with Crippen LogP contribution in [0.25, 0.3) is 0 Å². The lowest BCUT2D eigenvalue weighted by atomic mass is 10.1. The zero-order valence-electron chi connectivity index (χ0n) is 10.7. The van der Waals surface area contributed by atoms with Gasteiger partial charge in [0.2, 0.25) is 0 Å². The van der Waals surface area contributed by atoms with Crippen LogP contribution >= 0.6 is 0 Å². The monoisotopic (exact) mass is 244 g/mol. The van der Waals surface area contributed by atoms with Crippen LogP contribution < -0.4 is 10.6 Å². The van der Waals surface area contributed by atoms with Crippen molar-refractivity contribution in [1.29, 1.82) is 0 Å². The van der Waals surface area contributed by atoms with Crippen LogP contribution in [-0.4, -0.2) is 6.54 Å². The summed E-state index contributed by atoms with van der Waals surface area (Å²) in [5.74, 6) is -0.230. The number of hydrogen-bond donors (Lipinski definition) is 1. The molecular formula is C15H17FN2. The Labute approximate surface area is 107 Å². The van der Waals surface area contributed by atoms with Gasteiger partial charge in [-0.2, -0.15) is 0 Å². The third-order valence-corrected chi connectivity index (χ3v) is 2.93. The lowest BCUT2D eigenvalue weighted by Gasteiger charge is -2.25. The Morgan fingerprint density at radius 1 is 1.11 bits per heavy atom. The van der Waals surface area contributed by atoms with E-state index in [1.165, 1.54) is 12.1 Å². The van der Waals surface area contributed by atoms with E-state index in [9.17, 15) is 4.39 Å². The van der Waals surface area contributed by atoms with Crippen molar-refractivity contribution in [1.82, 2.24) is 0 Å². The highest BCUT2D eigenvalue weighted by atomic mass is 19.1. The number of aryl methyl sites for hydroxylation is 1. The Hall–Kier alpha value is -2.03. The fraction of sp³-hybridized carbons (Fsp3) is 0.200. The molecule has 94 valence electrons. The number of hydrogen-bond acceptors (Lipinski definition) is 2. The lowest BCUT2D eigenvalue weighted by molar-refractivity contribution is 0.628. The highest BCUT2D eigenvalue weighted by Gasteiger charge is 2.10. The second kappa shape index (κ2) is 5.08. The maximum atomic E-state index is 13.0. The highest BCUT2D eigenvalue weighted by molar-refractivity contribution is 5.75. The van der Waals surface area contributed by atoms with Crippen LogP contribution in [0, 0.1) is 12.7 Å². The molecule has 18 heavy (non-hydrogen) atoms. The normalized spacial score (nSPS) is 10.4. The van der Waals surface area contributed by atoms with Gasteiger partial charge in [0.05, 0.1) is 11.4 Å². The number of nitrogens with zero attached hydrogens (tertiary/aromatic N) is 1. The molecule has 2 aromatic rings. The molecule has 0 saturated carbocycles. The second-order valence-electron chi connectivity index (χ2n) is 4.28. The SMILES string of the molecule is CCN(c1ccc(F)cc1)c1cc(C)ccc1N. The van der Waals surface area contributed by atoms with E-state index in [-0.39, 0.29) is 5.82 Å². The smallest absolute Gasteiger partial charge is 0.123 e. The van der Waals surface area contributed by atoms with Crippen molar-refractivity contribution < 1.29 is 4.39 Å². The summed E-state index contributed by atoms with van der Waals surface area (Å²) in [6, 6.07) is 12.4. The van der Waals surface area contributed by atoms with E-state index in [4.69, 9.17) is 5.73 Å². The minimum absolute atomic E-state index is 0.230. The van der Waals surface area contributed by atoms with E-state index in [1.54, 1.807) is 12.1 Å². The van der Waals surface area contributed by atoms with Gasteiger partial charge in [0, 0.05) is 12.2 Å². The summed E-state index contributed by atoms with van der Waals surface area (Å²) in [7, 11) is 0. The van der Waals surface area contributed by atoms with Crippen LogP contribution in [0.15, 0.2) is 42.5 Å². The van der Waals surface area contributed by atoms with E-state index < -0.39 is 0 Å². The molecule has 0 spiro atoms. The average Bonchev–Trinajstić information content (AvgIpc) is 2.37. The Morgan fingerprint density at radius 3 is 2.39 bits per heavy atom. The number of halogens is 1. The van der Waals surface area contributed by atoms with Crippen molar-refractivity contribution in [2.75, 3.05) is 17.2 Å². The fourth-order valence-electron chi connectivity index (χ4n) is 2.00. The molecule has 0 heterocycles. The Bertz CT molecular complexity index is 535. The van der Waals surface area contributed by atoms with Gasteiger partial charge in [-0.05, 0) is 55.8 Å². The topological polar surface area (TPSA) is 29.3 Å². The number of nitrogens with two attached hydrogens (primary N) is 1. The molecule has 0 atom stereocenters. The zero-order valence-corrected chi connectivity index (χ0v) is 10.7. The molecule has 0 bridgehead atoms. The molecule has 0 fully saturated rings. The van der Waals surface area contributed by atoms with E-state index in [0.29, 0.717) is 0 Å². The molecule has 0 amide bonds. The maximum Gasteiger partial charge on any atom is 0.123 e. The van der Waals surface area contributed by atoms with Crippen LogP contribution in [0.5, 0.6) is 0 Å². The fourth-order valence-corrected chi connectivity index (χ4v) is 2.00. The molecular weight excluding hydrogens is 227 g/mol. The Balaban J connectivity index is 2.44. The van der Waals surface area contributed by atoms with Gasteiger partial charge in [0.15, 0.2) is 0 Å². The number of nitrogen functional groups attached to an aromatic ring is 1. The van der Waals surface area contributed by atoms with Gasteiger partial charge in [-0.25, -0.2) is 4.39 Å². The van der Waals surface area contributed by atoms with Crippen LogP contribution in [0.4, 0.5) is 21.5 Å². The summed E-state index contributed by atoms with van der Waals surface area (Å²) in [5.41, 5.74) is 9.80. The molecule has 0 aliphatic heterocycles. The van der Waals surface area contributed by atoms with Gasteiger partial charge in [-0.3, -0.25) is 0 Å². The Kier molecular flexibility index (Phi) is 3.51. The number of anilines is 3. The summed E-state index contributed by atoms with van der Waals surface area (Å²) in [5, 5.41) is 0.